The molecular weight excluding hydrogens is 526 g/mol. The third kappa shape index (κ3) is 7.34. The van der Waals surface area contributed by atoms with Crippen LogP contribution in [0.1, 0.15) is 41.5 Å². The summed E-state index contributed by atoms with van der Waals surface area (Å²) in [7, 11) is -1.18. The molecular formula is C31H39N3O5S. The monoisotopic (exact) mass is 565 g/mol. The highest BCUT2D eigenvalue weighted by Crippen LogP contribution is 2.32. The second-order valence-corrected chi connectivity index (χ2v) is 12.2. The van der Waals surface area contributed by atoms with Crippen LogP contribution in [-0.2, 0) is 27.9 Å². The van der Waals surface area contributed by atoms with Crippen LogP contribution in [-0.4, -0.2) is 53.1 Å². The summed E-state index contributed by atoms with van der Waals surface area (Å²) in [6, 6.07) is 18.1. The molecule has 3 aromatic rings. The molecule has 1 aliphatic rings. The zero-order chi connectivity index (χ0) is 28.7. The molecule has 0 aliphatic carbocycles. The normalized spacial score (nSPS) is 14.0. The largest absolute Gasteiger partial charge is 0.493 e. The number of rotatable bonds is 11. The number of nitrogens with one attached hydrogen (secondary N) is 1. The van der Waals surface area contributed by atoms with Crippen LogP contribution in [0.15, 0.2) is 65.6 Å². The first kappa shape index (κ1) is 29.4. The highest BCUT2D eigenvalue weighted by atomic mass is 32.2. The predicted octanol–water partition coefficient (Wildman–Crippen LogP) is 4.82. The first-order valence-corrected chi connectivity index (χ1v) is 15.0. The molecule has 0 atom stereocenters. The highest BCUT2D eigenvalue weighted by Gasteiger charge is 2.28. The van der Waals surface area contributed by atoms with E-state index in [4.69, 9.17) is 9.47 Å². The van der Waals surface area contributed by atoms with Gasteiger partial charge in [0.15, 0.2) is 11.5 Å². The number of aryl methyl sites for hydroxylation is 2. The van der Waals surface area contributed by atoms with Crippen LogP contribution in [0.25, 0.3) is 0 Å². The van der Waals surface area contributed by atoms with Crippen LogP contribution in [0.4, 0.5) is 5.69 Å². The Kier molecular flexibility index (Phi) is 9.71. The third-order valence-electron chi connectivity index (χ3n) is 7.09. The van der Waals surface area contributed by atoms with E-state index in [0.29, 0.717) is 18.0 Å². The number of methoxy groups -OCH3 is 2. The van der Waals surface area contributed by atoms with Gasteiger partial charge in [-0.05, 0) is 86.3 Å². The molecule has 0 bridgehead atoms. The lowest BCUT2D eigenvalue weighted by atomic mass is 10.1. The summed E-state index contributed by atoms with van der Waals surface area (Å²) in [6.07, 6.45) is 3.82. The van der Waals surface area contributed by atoms with E-state index in [1.165, 1.54) is 51.2 Å². The molecule has 1 saturated heterocycles. The zero-order valence-electron chi connectivity index (χ0n) is 23.8. The Morgan fingerprint density at radius 3 is 2.10 bits per heavy atom. The Morgan fingerprint density at radius 2 is 1.48 bits per heavy atom. The predicted molar refractivity (Wildman–Crippen MR) is 157 cm³/mol. The van der Waals surface area contributed by atoms with Gasteiger partial charge in [0.2, 0.25) is 5.91 Å². The van der Waals surface area contributed by atoms with Crippen molar-refractivity contribution >= 4 is 21.6 Å². The van der Waals surface area contributed by atoms with Crippen molar-refractivity contribution in [3.63, 3.8) is 0 Å². The standard InChI is InChI=1S/C31H39N3O5S/c1-23-16-24(2)18-27(17-23)34(40(36,37)28-12-13-29(38-3)30(19-28)39-4)22-31(35)32-20-25-8-10-26(11-9-25)21-33-14-6-5-7-15-33/h8-13,16-19H,5-7,14-15,20-22H2,1-4H3,(H,32,35). The van der Waals surface area contributed by atoms with Gasteiger partial charge in [0.1, 0.15) is 6.54 Å². The van der Waals surface area contributed by atoms with Gasteiger partial charge in [0.25, 0.3) is 10.0 Å². The summed E-state index contributed by atoms with van der Waals surface area (Å²) in [6.45, 7) is 6.94. The number of hydrogen-bond acceptors (Lipinski definition) is 6. The number of nitrogens with zero attached hydrogens (tertiary/aromatic N) is 2. The van der Waals surface area contributed by atoms with E-state index < -0.39 is 15.9 Å². The Balaban J connectivity index is 1.50. The Bertz CT molecular complexity index is 1400. The summed E-state index contributed by atoms with van der Waals surface area (Å²) < 4.78 is 39.5. The molecule has 0 aromatic heterocycles. The molecule has 1 heterocycles. The van der Waals surface area contributed by atoms with E-state index in [9.17, 15) is 13.2 Å². The second-order valence-electron chi connectivity index (χ2n) is 10.3. The van der Waals surface area contributed by atoms with E-state index in [0.717, 1.165) is 40.6 Å². The molecule has 8 nitrogen and oxygen atoms in total. The lowest BCUT2D eigenvalue weighted by molar-refractivity contribution is -0.119. The molecule has 0 saturated carbocycles. The summed E-state index contributed by atoms with van der Waals surface area (Å²) in [5.41, 5.74) is 4.42. The number of ether oxygens (including phenoxy) is 2. The van der Waals surface area contributed by atoms with Crippen LogP contribution >= 0.6 is 0 Å². The third-order valence-corrected chi connectivity index (χ3v) is 8.86. The molecule has 0 spiro atoms. The van der Waals surface area contributed by atoms with Gasteiger partial charge in [-0.1, -0.05) is 36.8 Å². The summed E-state index contributed by atoms with van der Waals surface area (Å²) in [4.78, 5) is 15.6. The number of hydrogen-bond donors (Lipinski definition) is 1. The fraction of sp³-hybridized carbons (Fsp3) is 0.387. The van der Waals surface area contributed by atoms with Gasteiger partial charge in [-0.25, -0.2) is 8.42 Å². The van der Waals surface area contributed by atoms with E-state index in [1.54, 1.807) is 18.2 Å². The van der Waals surface area contributed by atoms with E-state index in [2.05, 4.69) is 22.3 Å². The van der Waals surface area contributed by atoms with Crippen LogP contribution in [0.2, 0.25) is 0 Å². The maximum absolute atomic E-state index is 13.9. The number of likely N-dealkylation sites (tertiary alicyclic amines) is 1. The fourth-order valence-corrected chi connectivity index (χ4v) is 6.46. The molecule has 1 amide bonds. The molecule has 1 aliphatic heterocycles. The van der Waals surface area contributed by atoms with Crippen molar-refractivity contribution in [1.82, 2.24) is 10.2 Å². The Hall–Kier alpha value is -3.56. The number of sulfonamides is 1. The van der Waals surface area contributed by atoms with Gasteiger partial charge in [-0.3, -0.25) is 14.0 Å². The summed E-state index contributed by atoms with van der Waals surface area (Å²) in [5.74, 6) is 0.303. The minimum absolute atomic E-state index is 0.00130. The van der Waals surface area contributed by atoms with Gasteiger partial charge >= 0.3 is 0 Å². The van der Waals surface area contributed by atoms with Crippen molar-refractivity contribution < 1.29 is 22.7 Å². The molecule has 0 unspecified atom stereocenters. The Morgan fingerprint density at radius 1 is 0.850 bits per heavy atom. The van der Waals surface area contributed by atoms with Gasteiger partial charge in [-0.15, -0.1) is 0 Å². The lowest BCUT2D eigenvalue weighted by Crippen LogP contribution is -2.40. The molecule has 4 rings (SSSR count). The Labute approximate surface area is 238 Å². The van der Waals surface area contributed by atoms with Gasteiger partial charge < -0.3 is 14.8 Å². The maximum atomic E-state index is 13.9. The average molecular weight is 566 g/mol. The quantitative estimate of drug-likeness (QED) is 0.359. The molecule has 1 fully saturated rings. The van der Waals surface area contributed by atoms with Crippen LogP contribution in [0.5, 0.6) is 11.5 Å². The van der Waals surface area contributed by atoms with E-state index in [-0.39, 0.29) is 17.2 Å². The van der Waals surface area contributed by atoms with Gasteiger partial charge in [0.05, 0.1) is 24.8 Å². The van der Waals surface area contributed by atoms with Crippen molar-refractivity contribution in [2.24, 2.45) is 0 Å². The lowest BCUT2D eigenvalue weighted by Gasteiger charge is -2.26. The van der Waals surface area contributed by atoms with Crippen molar-refractivity contribution in [3.8, 4) is 11.5 Å². The number of benzene rings is 3. The molecule has 214 valence electrons. The number of amides is 1. The zero-order valence-corrected chi connectivity index (χ0v) is 24.6. The minimum Gasteiger partial charge on any atom is -0.493 e. The first-order chi connectivity index (χ1) is 19.2. The van der Waals surface area contributed by atoms with Crippen molar-refractivity contribution in [1.29, 1.82) is 0 Å². The summed E-state index contributed by atoms with van der Waals surface area (Å²) >= 11 is 0. The van der Waals surface area contributed by atoms with Gasteiger partial charge in [0, 0.05) is 19.2 Å². The molecule has 9 heteroatoms. The smallest absolute Gasteiger partial charge is 0.264 e. The minimum atomic E-state index is -4.11. The van der Waals surface area contributed by atoms with E-state index in [1.807, 2.05) is 32.0 Å². The first-order valence-electron chi connectivity index (χ1n) is 13.6. The highest BCUT2D eigenvalue weighted by molar-refractivity contribution is 7.92. The second kappa shape index (κ2) is 13.2. The maximum Gasteiger partial charge on any atom is 0.264 e. The van der Waals surface area contributed by atoms with Crippen LogP contribution in [0.3, 0.4) is 0 Å². The fourth-order valence-electron chi connectivity index (χ4n) is 5.04. The summed E-state index contributed by atoms with van der Waals surface area (Å²) in [5, 5.41) is 2.89. The molecule has 40 heavy (non-hydrogen) atoms. The van der Waals surface area contributed by atoms with Crippen molar-refractivity contribution in [2.45, 2.75) is 51.1 Å². The molecule has 3 aromatic carbocycles. The van der Waals surface area contributed by atoms with E-state index >= 15 is 0 Å². The molecule has 0 radical (unpaired) electrons. The van der Waals surface area contributed by atoms with Crippen molar-refractivity contribution in [3.05, 3.63) is 82.9 Å². The average Bonchev–Trinajstić information content (AvgIpc) is 2.95. The topological polar surface area (TPSA) is 88.2 Å². The molecule has 1 N–H and O–H groups in total. The van der Waals surface area contributed by atoms with Crippen molar-refractivity contribution in [2.75, 3.05) is 38.2 Å². The number of carbonyl (C=O) groups is 1. The number of carbonyl (C=O) groups excluding carboxylic acids is 1. The van der Waals surface area contributed by atoms with Crippen LogP contribution in [0, 0.1) is 13.8 Å². The van der Waals surface area contributed by atoms with Crippen LogP contribution < -0.4 is 19.1 Å². The SMILES string of the molecule is COc1ccc(S(=O)(=O)N(CC(=O)NCc2ccc(CN3CCCCC3)cc2)c2cc(C)cc(C)c2)cc1OC. The number of piperidine rings is 1. The van der Waals surface area contributed by atoms with Gasteiger partial charge in [-0.2, -0.15) is 0 Å². The number of anilines is 1.